The number of amides is 1. The molecule has 1 saturated carbocycles. The first-order valence-corrected chi connectivity index (χ1v) is 10.00. The van der Waals surface area contributed by atoms with E-state index in [-0.39, 0.29) is 24.4 Å². The average molecular weight is 427 g/mol. The number of nitrogens with two attached hydrogens (primary N) is 1. The summed E-state index contributed by atoms with van der Waals surface area (Å²) in [4.78, 5) is 13.2. The maximum Gasteiger partial charge on any atom is 0.255 e. The molecule has 1 amide bonds. The number of aromatic nitrogens is 2. The van der Waals surface area contributed by atoms with Crippen molar-refractivity contribution in [1.29, 1.82) is 0 Å². The first-order valence-electron chi connectivity index (χ1n) is 10.00. The van der Waals surface area contributed by atoms with Crippen LogP contribution in [0.1, 0.15) is 29.6 Å². The number of halogens is 1. The van der Waals surface area contributed by atoms with Gasteiger partial charge in [-0.15, -0.1) is 12.4 Å². The van der Waals surface area contributed by atoms with Crippen LogP contribution in [0.2, 0.25) is 0 Å². The lowest BCUT2D eigenvalue weighted by molar-refractivity contribution is 0.0929. The highest BCUT2D eigenvalue weighted by molar-refractivity contribution is 6.00. The van der Waals surface area contributed by atoms with Crippen LogP contribution in [0.3, 0.4) is 0 Å². The fourth-order valence-corrected chi connectivity index (χ4v) is 3.97. The number of rotatable bonds is 6. The second-order valence-electron chi connectivity index (χ2n) is 7.41. The second-order valence-corrected chi connectivity index (χ2v) is 7.41. The van der Waals surface area contributed by atoms with Crippen molar-refractivity contribution in [3.05, 3.63) is 66.4 Å². The summed E-state index contributed by atoms with van der Waals surface area (Å²) < 4.78 is 7.01. The lowest BCUT2D eigenvalue weighted by Crippen LogP contribution is -2.39. The minimum atomic E-state index is -0.108. The number of hydrogen-bond acceptors (Lipinski definition) is 4. The highest BCUT2D eigenvalue weighted by Crippen LogP contribution is 2.28. The molecule has 1 aliphatic carbocycles. The summed E-state index contributed by atoms with van der Waals surface area (Å²) in [6.45, 7) is 0.597. The Labute approximate surface area is 182 Å². The second kappa shape index (κ2) is 9.78. The molecule has 30 heavy (non-hydrogen) atoms. The third-order valence-corrected chi connectivity index (χ3v) is 5.62. The third kappa shape index (κ3) is 4.50. The molecular weight excluding hydrogens is 400 g/mol. The van der Waals surface area contributed by atoms with Crippen LogP contribution in [0.25, 0.3) is 16.9 Å². The van der Waals surface area contributed by atoms with Crippen LogP contribution < -0.4 is 15.8 Å². The van der Waals surface area contributed by atoms with Crippen molar-refractivity contribution >= 4 is 18.3 Å². The van der Waals surface area contributed by atoms with Crippen molar-refractivity contribution in [1.82, 2.24) is 15.1 Å². The lowest BCUT2D eigenvalue weighted by Gasteiger charge is -2.19. The summed E-state index contributed by atoms with van der Waals surface area (Å²) in [5.74, 6) is 0.995. The fourth-order valence-electron chi connectivity index (χ4n) is 3.97. The van der Waals surface area contributed by atoms with Gasteiger partial charge in [0.1, 0.15) is 11.4 Å². The molecule has 6 nitrogen and oxygen atoms in total. The van der Waals surface area contributed by atoms with Gasteiger partial charge < -0.3 is 15.8 Å². The van der Waals surface area contributed by atoms with Crippen LogP contribution in [0.5, 0.6) is 5.75 Å². The summed E-state index contributed by atoms with van der Waals surface area (Å²) in [7, 11) is 1.63. The van der Waals surface area contributed by atoms with E-state index in [2.05, 4.69) is 5.32 Å². The number of nitrogens with zero attached hydrogens (tertiary/aromatic N) is 2. The van der Waals surface area contributed by atoms with Crippen molar-refractivity contribution in [2.45, 2.75) is 25.3 Å². The molecule has 2 atom stereocenters. The predicted molar refractivity (Wildman–Crippen MR) is 120 cm³/mol. The number of para-hydroxylation sites is 1. The predicted octanol–water partition coefficient (Wildman–Crippen LogP) is 3.83. The van der Waals surface area contributed by atoms with E-state index in [1.807, 2.05) is 54.6 Å². The van der Waals surface area contributed by atoms with E-state index in [4.69, 9.17) is 15.6 Å². The highest BCUT2D eigenvalue weighted by atomic mass is 35.5. The maximum absolute atomic E-state index is 13.2. The lowest BCUT2D eigenvalue weighted by atomic mass is 10.0. The SMILES string of the molecule is COc1ccc(-c2nn(-c3ccccc3)cc2C(=O)NC2CCCC2CN)cc1.Cl. The fraction of sp³-hybridized carbons (Fsp3) is 0.304. The van der Waals surface area contributed by atoms with Crippen molar-refractivity contribution < 1.29 is 9.53 Å². The Hall–Kier alpha value is -2.83. The smallest absolute Gasteiger partial charge is 0.255 e. The zero-order valence-electron chi connectivity index (χ0n) is 17.0. The van der Waals surface area contributed by atoms with Crippen LogP contribution in [0.4, 0.5) is 0 Å². The number of ether oxygens (including phenoxy) is 1. The zero-order chi connectivity index (χ0) is 20.2. The monoisotopic (exact) mass is 426 g/mol. The standard InChI is InChI=1S/C23H26N4O2.ClH/c1-29-19-12-10-16(11-13-19)22-20(15-27(26-22)18-7-3-2-4-8-18)23(28)25-21-9-5-6-17(21)14-24;/h2-4,7-8,10-13,15,17,21H,5-6,9,14,24H2,1H3,(H,25,28);1H. The molecule has 3 N–H and O–H groups in total. The Kier molecular flexibility index (Phi) is 7.13. The topological polar surface area (TPSA) is 82.2 Å². The van der Waals surface area contributed by atoms with Gasteiger partial charge in [0.15, 0.2) is 0 Å². The van der Waals surface area contributed by atoms with Crippen molar-refractivity contribution in [3.63, 3.8) is 0 Å². The Morgan fingerprint density at radius 3 is 2.57 bits per heavy atom. The Morgan fingerprint density at radius 1 is 1.17 bits per heavy atom. The average Bonchev–Trinajstić information content (AvgIpc) is 3.41. The van der Waals surface area contributed by atoms with Crippen molar-refractivity contribution in [2.75, 3.05) is 13.7 Å². The number of hydrogen-bond donors (Lipinski definition) is 2. The molecule has 1 aromatic heterocycles. The van der Waals surface area contributed by atoms with Gasteiger partial charge >= 0.3 is 0 Å². The molecule has 0 saturated heterocycles. The molecule has 0 bridgehead atoms. The van der Waals surface area contributed by atoms with E-state index in [1.54, 1.807) is 18.0 Å². The van der Waals surface area contributed by atoms with E-state index in [1.165, 1.54) is 0 Å². The maximum atomic E-state index is 13.2. The molecule has 4 rings (SSSR count). The molecule has 0 spiro atoms. The quantitative estimate of drug-likeness (QED) is 0.627. The van der Waals surface area contributed by atoms with Gasteiger partial charge in [0.05, 0.1) is 18.4 Å². The summed E-state index contributed by atoms with van der Waals surface area (Å²) in [5, 5.41) is 7.93. The van der Waals surface area contributed by atoms with Gasteiger partial charge in [0.2, 0.25) is 0 Å². The summed E-state index contributed by atoms with van der Waals surface area (Å²) >= 11 is 0. The number of nitrogens with one attached hydrogen (secondary N) is 1. The minimum Gasteiger partial charge on any atom is -0.497 e. The number of benzene rings is 2. The molecule has 1 fully saturated rings. The minimum absolute atomic E-state index is 0. The molecule has 1 aliphatic rings. The summed E-state index contributed by atoms with van der Waals surface area (Å²) in [5.41, 5.74) is 8.87. The van der Waals surface area contributed by atoms with Gasteiger partial charge in [-0.2, -0.15) is 5.10 Å². The van der Waals surface area contributed by atoms with Gasteiger partial charge in [-0.05, 0) is 61.7 Å². The van der Waals surface area contributed by atoms with Gasteiger partial charge in [0, 0.05) is 17.8 Å². The van der Waals surface area contributed by atoms with Gasteiger partial charge in [-0.1, -0.05) is 24.6 Å². The molecule has 0 aliphatic heterocycles. The molecule has 1 heterocycles. The molecule has 2 unspecified atom stereocenters. The number of carbonyl (C=O) groups excluding carboxylic acids is 1. The van der Waals surface area contributed by atoms with Crippen LogP contribution in [-0.2, 0) is 0 Å². The largest absolute Gasteiger partial charge is 0.497 e. The van der Waals surface area contributed by atoms with Gasteiger partial charge in [-0.25, -0.2) is 4.68 Å². The zero-order valence-corrected chi connectivity index (χ0v) is 17.8. The van der Waals surface area contributed by atoms with Crippen LogP contribution in [-0.4, -0.2) is 35.4 Å². The highest BCUT2D eigenvalue weighted by Gasteiger charge is 2.29. The molecular formula is C23H27ClN4O2. The molecule has 3 aromatic rings. The molecule has 2 aromatic carbocycles. The normalized spacial score (nSPS) is 17.9. The third-order valence-electron chi connectivity index (χ3n) is 5.62. The first-order chi connectivity index (χ1) is 14.2. The first kappa shape index (κ1) is 21.9. The van der Waals surface area contributed by atoms with Gasteiger partial charge in [-0.3, -0.25) is 4.79 Å². The van der Waals surface area contributed by atoms with E-state index in [0.717, 1.165) is 36.3 Å². The Balaban J connectivity index is 0.00000256. The molecule has 0 radical (unpaired) electrons. The molecule has 7 heteroatoms. The Morgan fingerprint density at radius 2 is 1.90 bits per heavy atom. The number of carbonyl (C=O) groups is 1. The van der Waals surface area contributed by atoms with Crippen LogP contribution >= 0.6 is 12.4 Å². The van der Waals surface area contributed by atoms with E-state index in [9.17, 15) is 4.79 Å². The number of methoxy groups -OCH3 is 1. The van der Waals surface area contributed by atoms with Crippen LogP contribution in [0, 0.1) is 5.92 Å². The summed E-state index contributed by atoms with van der Waals surface area (Å²) in [6.07, 6.45) is 4.94. The van der Waals surface area contributed by atoms with Crippen molar-refractivity contribution in [3.8, 4) is 22.7 Å². The Bertz CT molecular complexity index is 973. The van der Waals surface area contributed by atoms with E-state index in [0.29, 0.717) is 23.7 Å². The summed E-state index contributed by atoms with van der Waals surface area (Å²) in [6, 6.07) is 17.5. The van der Waals surface area contributed by atoms with E-state index >= 15 is 0 Å². The van der Waals surface area contributed by atoms with Gasteiger partial charge in [0.25, 0.3) is 5.91 Å². The molecule has 158 valence electrons. The van der Waals surface area contributed by atoms with E-state index < -0.39 is 0 Å². The van der Waals surface area contributed by atoms with Crippen LogP contribution in [0.15, 0.2) is 60.8 Å². The van der Waals surface area contributed by atoms with Crippen molar-refractivity contribution in [2.24, 2.45) is 11.7 Å².